The lowest BCUT2D eigenvalue weighted by molar-refractivity contribution is 0.102. The van der Waals surface area contributed by atoms with Crippen LogP contribution >= 0.6 is 0 Å². The van der Waals surface area contributed by atoms with Crippen LogP contribution in [0.3, 0.4) is 0 Å². The number of amides is 1. The lowest BCUT2D eigenvalue weighted by Crippen LogP contribution is -2.15. The number of anilines is 3. The van der Waals surface area contributed by atoms with Gasteiger partial charge < -0.3 is 15.0 Å². The molecular weight excluding hydrogens is 472 g/mol. The van der Waals surface area contributed by atoms with Crippen LogP contribution in [0.15, 0.2) is 85.3 Å². The topological polar surface area (TPSA) is 95.1 Å². The van der Waals surface area contributed by atoms with Gasteiger partial charge in [-0.2, -0.15) is 5.26 Å². The number of carbonyl (C=O) groups is 1. The van der Waals surface area contributed by atoms with Crippen LogP contribution in [-0.4, -0.2) is 20.3 Å². The van der Waals surface area contributed by atoms with E-state index in [0.717, 1.165) is 28.2 Å². The average Bonchev–Trinajstić information content (AvgIpc) is 3.39. The van der Waals surface area contributed by atoms with Gasteiger partial charge in [0.25, 0.3) is 5.91 Å². The summed E-state index contributed by atoms with van der Waals surface area (Å²) in [6.07, 6.45) is 5.51. The van der Waals surface area contributed by atoms with Crippen LogP contribution in [0.1, 0.15) is 47.8 Å². The minimum absolute atomic E-state index is 0.0249. The molecule has 0 bridgehead atoms. The van der Waals surface area contributed by atoms with Crippen molar-refractivity contribution in [3.63, 3.8) is 0 Å². The highest BCUT2D eigenvalue weighted by molar-refractivity contribution is 6.05. The van der Waals surface area contributed by atoms with Gasteiger partial charge in [0.05, 0.1) is 17.3 Å². The minimum atomic E-state index is -0.160. The molecule has 7 nitrogen and oxygen atoms in total. The summed E-state index contributed by atoms with van der Waals surface area (Å²) in [6, 6.07) is 22.8. The maximum Gasteiger partial charge on any atom is 0.255 e. The van der Waals surface area contributed by atoms with Crippen molar-refractivity contribution in [3.05, 3.63) is 108 Å². The molecule has 5 aromatic rings. The lowest BCUT2D eigenvalue weighted by atomic mass is 9.86. The molecule has 1 amide bonds. The van der Waals surface area contributed by atoms with E-state index in [0.29, 0.717) is 22.6 Å². The van der Waals surface area contributed by atoms with E-state index < -0.39 is 0 Å². The van der Waals surface area contributed by atoms with Gasteiger partial charge in [0.2, 0.25) is 0 Å². The molecule has 0 saturated carbocycles. The molecule has 0 atom stereocenters. The van der Waals surface area contributed by atoms with Crippen molar-refractivity contribution in [3.8, 4) is 17.3 Å². The summed E-state index contributed by atoms with van der Waals surface area (Å²) >= 11 is 0. The molecule has 7 heteroatoms. The average molecular weight is 501 g/mol. The Kier molecular flexibility index (Phi) is 6.39. The van der Waals surface area contributed by atoms with Crippen molar-refractivity contribution in [2.24, 2.45) is 0 Å². The van der Waals surface area contributed by atoms with E-state index >= 15 is 0 Å². The first-order valence-electron chi connectivity index (χ1n) is 12.4. The van der Waals surface area contributed by atoms with Crippen molar-refractivity contribution >= 4 is 28.7 Å². The van der Waals surface area contributed by atoms with E-state index in [1.165, 1.54) is 5.56 Å². The number of nitriles is 1. The third-order valence-electron chi connectivity index (χ3n) is 6.52. The van der Waals surface area contributed by atoms with E-state index in [1.807, 2.05) is 78.3 Å². The zero-order chi connectivity index (χ0) is 26.9. The Morgan fingerprint density at radius 1 is 1.00 bits per heavy atom. The Bertz CT molecular complexity index is 1670. The van der Waals surface area contributed by atoms with Crippen LogP contribution < -0.4 is 10.6 Å². The number of aromatic nitrogens is 3. The number of imidazole rings is 1. The Hall–Kier alpha value is -4.96. The summed E-state index contributed by atoms with van der Waals surface area (Å²) < 4.78 is 1.91. The smallest absolute Gasteiger partial charge is 0.255 e. The molecule has 0 aliphatic carbocycles. The number of hydrogen-bond acceptors (Lipinski definition) is 5. The van der Waals surface area contributed by atoms with E-state index in [2.05, 4.69) is 42.5 Å². The highest BCUT2D eigenvalue weighted by Crippen LogP contribution is 2.31. The molecule has 188 valence electrons. The number of carbonyl (C=O) groups excluding carboxylic acids is 1. The van der Waals surface area contributed by atoms with Crippen molar-refractivity contribution in [2.45, 2.75) is 33.1 Å². The molecule has 0 aliphatic rings. The summed E-state index contributed by atoms with van der Waals surface area (Å²) in [4.78, 5) is 22.4. The fourth-order valence-corrected chi connectivity index (χ4v) is 4.27. The molecule has 0 unspecified atom stereocenters. The predicted molar refractivity (Wildman–Crippen MR) is 151 cm³/mol. The van der Waals surface area contributed by atoms with Gasteiger partial charge in [0.15, 0.2) is 11.5 Å². The van der Waals surface area contributed by atoms with Crippen molar-refractivity contribution in [1.82, 2.24) is 14.4 Å². The quantitative estimate of drug-likeness (QED) is 0.275. The molecular formula is C31H28N6O. The maximum atomic E-state index is 13.0. The molecule has 0 saturated heterocycles. The fraction of sp³-hybridized carbons (Fsp3) is 0.161. The normalized spacial score (nSPS) is 11.2. The van der Waals surface area contributed by atoms with Gasteiger partial charge in [-0.05, 0) is 65.9 Å². The van der Waals surface area contributed by atoms with E-state index in [9.17, 15) is 4.79 Å². The Morgan fingerprint density at radius 2 is 1.74 bits per heavy atom. The first-order chi connectivity index (χ1) is 18.2. The molecule has 0 fully saturated rings. The molecule has 5 rings (SSSR count). The van der Waals surface area contributed by atoms with Gasteiger partial charge in [-0.3, -0.25) is 4.79 Å². The summed E-state index contributed by atoms with van der Waals surface area (Å²) in [6.45, 7) is 8.42. The Balaban J connectivity index is 1.45. The third kappa shape index (κ3) is 4.97. The zero-order valence-electron chi connectivity index (χ0n) is 21.8. The van der Waals surface area contributed by atoms with Crippen LogP contribution in [0.25, 0.3) is 16.9 Å². The molecule has 2 aromatic heterocycles. The van der Waals surface area contributed by atoms with Gasteiger partial charge in [0, 0.05) is 41.1 Å². The summed E-state index contributed by atoms with van der Waals surface area (Å²) in [7, 11) is 0. The van der Waals surface area contributed by atoms with Crippen LogP contribution in [0.5, 0.6) is 0 Å². The van der Waals surface area contributed by atoms with Crippen molar-refractivity contribution in [2.75, 3.05) is 10.6 Å². The van der Waals surface area contributed by atoms with Crippen molar-refractivity contribution < 1.29 is 4.79 Å². The zero-order valence-corrected chi connectivity index (χ0v) is 21.8. The Morgan fingerprint density at radius 3 is 2.42 bits per heavy atom. The highest BCUT2D eigenvalue weighted by atomic mass is 16.1. The van der Waals surface area contributed by atoms with E-state index in [4.69, 9.17) is 10.2 Å². The molecule has 0 radical (unpaired) electrons. The Labute approximate surface area is 221 Å². The second-order valence-corrected chi connectivity index (χ2v) is 10.2. The van der Waals surface area contributed by atoms with E-state index in [1.54, 1.807) is 18.3 Å². The second kappa shape index (κ2) is 9.83. The molecule has 2 heterocycles. The first-order valence-corrected chi connectivity index (χ1v) is 12.4. The minimum Gasteiger partial charge on any atom is -0.337 e. The molecule has 0 aliphatic heterocycles. The summed E-state index contributed by atoms with van der Waals surface area (Å²) in [5.41, 5.74) is 7.13. The second-order valence-electron chi connectivity index (χ2n) is 10.2. The standard InChI is InChI=1S/C31H28N6O/c1-20-25(6-5-7-26(20)36-30(38)22-10-12-23(13-11-22)31(2,3)4)27-19-37-17-16-33-29(37)28(35-27)34-24-14-8-21(18-32)9-15-24/h5-17,19H,1-4H3,(H,34,35)(H,36,38). The van der Waals surface area contributed by atoms with Gasteiger partial charge in [-0.1, -0.05) is 45.0 Å². The number of rotatable bonds is 5. The monoisotopic (exact) mass is 500 g/mol. The van der Waals surface area contributed by atoms with Crippen LogP contribution in [-0.2, 0) is 5.41 Å². The van der Waals surface area contributed by atoms with Gasteiger partial charge >= 0.3 is 0 Å². The predicted octanol–water partition coefficient (Wildman–Crippen LogP) is 6.87. The fourth-order valence-electron chi connectivity index (χ4n) is 4.27. The molecule has 0 spiro atoms. The highest BCUT2D eigenvalue weighted by Gasteiger charge is 2.17. The number of benzene rings is 3. The van der Waals surface area contributed by atoms with Gasteiger partial charge in [0.1, 0.15) is 0 Å². The lowest BCUT2D eigenvalue weighted by Gasteiger charge is -2.19. The summed E-state index contributed by atoms with van der Waals surface area (Å²) in [5.74, 6) is 0.428. The van der Waals surface area contributed by atoms with E-state index in [-0.39, 0.29) is 11.3 Å². The van der Waals surface area contributed by atoms with Gasteiger partial charge in [-0.15, -0.1) is 0 Å². The summed E-state index contributed by atoms with van der Waals surface area (Å²) in [5, 5.41) is 15.5. The maximum absolute atomic E-state index is 13.0. The number of nitrogens with zero attached hydrogens (tertiary/aromatic N) is 4. The van der Waals surface area contributed by atoms with Crippen molar-refractivity contribution in [1.29, 1.82) is 5.26 Å². The number of nitrogens with one attached hydrogen (secondary N) is 2. The van der Waals surface area contributed by atoms with Crippen LogP contribution in [0.2, 0.25) is 0 Å². The number of fused-ring (bicyclic) bond motifs is 1. The number of hydrogen-bond donors (Lipinski definition) is 2. The molecule has 38 heavy (non-hydrogen) atoms. The third-order valence-corrected chi connectivity index (χ3v) is 6.52. The SMILES string of the molecule is Cc1c(NC(=O)c2ccc(C(C)(C)C)cc2)cccc1-c1cn2ccnc2c(Nc2ccc(C#N)cc2)n1. The van der Waals surface area contributed by atoms with Crippen LogP contribution in [0, 0.1) is 18.3 Å². The van der Waals surface area contributed by atoms with Crippen LogP contribution in [0.4, 0.5) is 17.2 Å². The molecule has 2 N–H and O–H groups in total. The first kappa shape index (κ1) is 24.7. The van der Waals surface area contributed by atoms with Gasteiger partial charge in [-0.25, -0.2) is 9.97 Å². The largest absolute Gasteiger partial charge is 0.337 e. The molecule has 3 aromatic carbocycles.